The van der Waals surface area contributed by atoms with Crippen LogP contribution in [0.25, 0.3) is 11.3 Å². The molecule has 1 aliphatic rings. The number of esters is 1. The van der Waals surface area contributed by atoms with Gasteiger partial charge in [0.15, 0.2) is 5.69 Å². The van der Waals surface area contributed by atoms with Crippen LogP contribution >= 0.6 is 0 Å². The lowest BCUT2D eigenvalue weighted by Gasteiger charge is -2.36. The average Bonchev–Trinajstić information content (AvgIpc) is 3.28. The van der Waals surface area contributed by atoms with E-state index in [2.05, 4.69) is 0 Å². The van der Waals surface area contributed by atoms with Gasteiger partial charge in [0.1, 0.15) is 28.6 Å². The van der Waals surface area contributed by atoms with E-state index in [1.54, 1.807) is 17.0 Å². The quantitative estimate of drug-likeness (QED) is 0.298. The van der Waals surface area contributed by atoms with Crippen molar-refractivity contribution in [2.45, 2.75) is 51.6 Å². The Hall–Kier alpha value is -4.05. The number of para-hydroxylation sites is 1. The van der Waals surface area contributed by atoms with Crippen molar-refractivity contribution in [1.82, 2.24) is 14.6 Å². The number of imidazole rings is 1. The molecule has 0 bridgehead atoms. The second kappa shape index (κ2) is 12.4. The minimum absolute atomic E-state index is 0.0712. The number of carbonyl (C=O) groups is 2. The van der Waals surface area contributed by atoms with E-state index in [0.29, 0.717) is 60.9 Å². The predicted molar refractivity (Wildman–Crippen MR) is 151 cm³/mol. The van der Waals surface area contributed by atoms with E-state index in [4.69, 9.17) is 25.0 Å². The number of likely N-dealkylation sites (tertiary alicyclic amines) is 1. The number of rotatable bonds is 8. The van der Waals surface area contributed by atoms with Crippen molar-refractivity contribution in [2.75, 3.05) is 32.6 Å². The molecule has 0 spiro atoms. The highest BCUT2D eigenvalue weighted by molar-refractivity contribution is 5.94. The lowest BCUT2D eigenvalue weighted by atomic mass is 9.82. The van der Waals surface area contributed by atoms with Crippen molar-refractivity contribution in [3.05, 3.63) is 66.1 Å². The van der Waals surface area contributed by atoms with Gasteiger partial charge < -0.3 is 30.1 Å². The largest absolute Gasteiger partial charge is 0.464 e. The summed E-state index contributed by atoms with van der Waals surface area (Å²) in [5, 5.41) is 9.92. The molecule has 1 saturated heterocycles. The van der Waals surface area contributed by atoms with Gasteiger partial charge in [0.25, 0.3) is 0 Å². The maximum absolute atomic E-state index is 12.8. The topological polar surface area (TPSA) is 129 Å². The Balaban J connectivity index is 1.59. The summed E-state index contributed by atoms with van der Waals surface area (Å²) in [5.74, 6) is 7.59. The molecule has 1 aliphatic heterocycles. The molecule has 0 radical (unpaired) electrons. The maximum atomic E-state index is 12.8. The fraction of sp³-hybridized carbons (Fsp3) is 0.433. The Morgan fingerprint density at radius 1 is 1.05 bits per heavy atom. The zero-order valence-electron chi connectivity index (χ0n) is 23.5. The van der Waals surface area contributed by atoms with Crippen molar-refractivity contribution in [3.63, 3.8) is 0 Å². The van der Waals surface area contributed by atoms with Gasteiger partial charge in [-0.25, -0.2) is 19.2 Å². The number of amides is 1. The van der Waals surface area contributed by atoms with Crippen LogP contribution in [-0.2, 0) is 9.47 Å². The number of benzene rings is 2. The first-order valence-electron chi connectivity index (χ1n) is 13.5. The first-order chi connectivity index (χ1) is 19.1. The molecule has 40 heavy (non-hydrogen) atoms. The van der Waals surface area contributed by atoms with Gasteiger partial charge in [-0.15, -0.1) is 0 Å². The molecule has 1 atom stereocenters. The van der Waals surface area contributed by atoms with Crippen LogP contribution in [0, 0.1) is 5.92 Å². The third-order valence-corrected chi connectivity index (χ3v) is 6.96. The molecule has 4 rings (SSSR count). The number of methoxy groups -OCH3 is 1. The summed E-state index contributed by atoms with van der Waals surface area (Å²) in [6.45, 7) is 6.50. The summed E-state index contributed by atoms with van der Waals surface area (Å²) in [4.78, 5) is 31.9. The van der Waals surface area contributed by atoms with Gasteiger partial charge in [0, 0.05) is 31.2 Å². The van der Waals surface area contributed by atoms with E-state index < -0.39 is 11.6 Å². The second-order valence-electron chi connectivity index (χ2n) is 10.9. The molecule has 2 heterocycles. The van der Waals surface area contributed by atoms with Gasteiger partial charge in [0.05, 0.1) is 7.11 Å². The fourth-order valence-electron chi connectivity index (χ4n) is 5.04. The molecule has 3 aromatic rings. The van der Waals surface area contributed by atoms with Gasteiger partial charge >= 0.3 is 12.1 Å². The highest BCUT2D eigenvalue weighted by Gasteiger charge is 2.35. The molecule has 1 unspecified atom stereocenters. The molecule has 214 valence electrons. The molecule has 0 aliphatic carbocycles. The summed E-state index contributed by atoms with van der Waals surface area (Å²) < 4.78 is 17.8. The zero-order valence-corrected chi connectivity index (χ0v) is 23.5. The Morgan fingerprint density at radius 3 is 2.25 bits per heavy atom. The van der Waals surface area contributed by atoms with Crippen LogP contribution in [0.15, 0.2) is 54.6 Å². The first-order valence-corrected chi connectivity index (χ1v) is 13.5. The van der Waals surface area contributed by atoms with Crippen LogP contribution in [-0.4, -0.2) is 64.1 Å². The molecule has 2 aromatic carbocycles. The van der Waals surface area contributed by atoms with E-state index in [-0.39, 0.29) is 30.2 Å². The first kappa shape index (κ1) is 28.9. The van der Waals surface area contributed by atoms with Crippen molar-refractivity contribution >= 4 is 12.1 Å². The Morgan fingerprint density at radius 2 is 1.68 bits per heavy atom. The smallest absolute Gasteiger partial charge is 0.410 e. The van der Waals surface area contributed by atoms with Gasteiger partial charge in [0.2, 0.25) is 0 Å². The minimum Gasteiger partial charge on any atom is -0.464 e. The molecular weight excluding hydrogens is 512 g/mol. The maximum Gasteiger partial charge on any atom is 0.410 e. The van der Waals surface area contributed by atoms with Gasteiger partial charge in [-0.1, -0.05) is 18.2 Å². The average molecular weight is 551 g/mol. The normalized spacial score (nSPS) is 15.0. The number of piperidine rings is 1. The number of ether oxygens (including phenoxy) is 3. The number of nitrogens with zero attached hydrogens (tertiary/aromatic N) is 3. The van der Waals surface area contributed by atoms with Crippen molar-refractivity contribution in [3.8, 4) is 22.8 Å². The molecular formula is C30H38N4O6. The lowest BCUT2D eigenvalue weighted by molar-refractivity contribution is 0.0168. The van der Waals surface area contributed by atoms with Gasteiger partial charge in [-0.3, -0.25) is 0 Å². The number of aliphatic hydroxyl groups is 1. The van der Waals surface area contributed by atoms with Crippen molar-refractivity contribution in [1.29, 1.82) is 0 Å². The summed E-state index contributed by atoms with van der Waals surface area (Å²) >= 11 is 0. The van der Waals surface area contributed by atoms with Crippen LogP contribution in [0.5, 0.6) is 11.5 Å². The Kier molecular flexibility index (Phi) is 8.99. The Labute approximate surface area is 234 Å². The van der Waals surface area contributed by atoms with E-state index in [1.165, 1.54) is 11.8 Å². The summed E-state index contributed by atoms with van der Waals surface area (Å²) in [6.07, 6.45) is 1.45. The lowest BCUT2D eigenvalue weighted by Crippen LogP contribution is -2.43. The summed E-state index contributed by atoms with van der Waals surface area (Å²) in [6, 6.07) is 16.7. The summed E-state index contributed by atoms with van der Waals surface area (Å²) in [7, 11) is 1.30. The Bertz CT molecular complexity index is 1290. The molecule has 10 nitrogen and oxygen atoms in total. The van der Waals surface area contributed by atoms with Gasteiger partial charge in [-0.2, -0.15) is 0 Å². The van der Waals surface area contributed by atoms with E-state index >= 15 is 0 Å². The van der Waals surface area contributed by atoms with E-state index in [9.17, 15) is 14.7 Å². The standard InChI is InChI=1S/C30H38N4O6/c1-30(2,3)40-29(37)33-17-14-20(15-18-33)24(16-19-35)27-32-25(26(34(27)31)28(36)38-4)21-10-12-23(13-11-21)39-22-8-6-5-7-9-22/h5-13,20,24,35H,14-19,31H2,1-4H3. The SMILES string of the molecule is COC(=O)c1c(-c2ccc(Oc3ccccc3)cc2)nc(C(CCO)C2CCN(C(=O)OC(C)(C)C)CC2)n1N. The molecule has 10 heteroatoms. The number of hydrogen-bond donors (Lipinski definition) is 2. The van der Waals surface area contributed by atoms with Crippen LogP contribution in [0.2, 0.25) is 0 Å². The number of nitrogens with two attached hydrogens (primary N) is 1. The van der Waals surface area contributed by atoms with Crippen LogP contribution in [0.3, 0.4) is 0 Å². The zero-order chi connectivity index (χ0) is 28.9. The summed E-state index contributed by atoms with van der Waals surface area (Å²) in [5.41, 5.74) is 0.631. The third-order valence-electron chi connectivity index (χ3n) is 6.96. The third kappa shape index (κ3) is 6.74. The number of carbonyl (C=O) groups excluding carboxylic acids is 2. The van der Waals surface area contributed by atoms with E-state index in [0.717, 1.165) is 0 Å². The minimum atomic E-state index is -0.608. The number of aliphatic hydroxyl groups excluding tert-OH is 1. The van der Waals surface area contributed by atoms with Crippen LogP contribution in [0.1, 0.15) is 62.3 Å². The predicted octanol–water partition coefficient (Wildman–Crippen LogP) is 4.96. The van der Waals surface area contributed by atoms with Crippen molar-refractivity contribution < 1.29 is 28.9 Å². The highest BCUT2D eigenvalue weighted by Crippen LogP contribution is 2.37. The number of aromatic nitrogens is 2. The highest BCUT2D eigenvalue weighted by atomic mass is 16.6. The van der Waals surface area contributed by atoms with E-state index in [1.807, 2.05) is 63.2 Å². The number of nitrogen functional groups attached to an aromatic ring is 1. The molecule has 1 fully saturated rings. The molecule has 3 N–H and O–H groups in total. The van der Waals surface area contributed by atoms with Crippen LogP contribution < -0.4 is 10.6 Å². The van der Waals surface area contributed by atoms with Crippen molar-refractivity contribution in [2.24, 2.45) is 5.92 Å². The molecule has 1 aromatic heterocycles. The number of hydrogen-bond acceptors (Lipinski definition) is 8. The monoisotopic (exact) mass is 550 g/mol. The second-order valence-corrected chi connectivity index (χ2v) is 10.9. The fourth-order valence-corrected chi connectivity index (χ4v) is 5.04. The molecule has 1 amide bonds. The van der Waals surface area contributed by atoms with Gasteiger partial charge in [-0.05, 0) is 82.3 Å². The molecule has 0 saturated carbocycles. The van der Waals surface area contributed by atoms with Crippen LogP contribution in [0.4, 0.5) is 4.79 Å².